The van der Waals surface area contributed by atoms with Crippen LogP contribution in [0.1, 0.15) is 27.7 Å². The molecule has 0 saturated heterocycles. The normalized spacial score (nSPS) is 13.2. The second-order valence-electron chi connectivity index (χ2n) is 11.0. The third kappa shape index (κ3) is 4.84. The fourth-order valence-electron chi connectivity index (χ4n) is 6.47. The molecule has 0 bridgehead atoms. The zero-order valence-electron chi connectivity index (χ0n) is 26.6. The Morgan fingerprint density at radius 1 is 0.409 bits per heavy atom. The molecule has 0 spiro atoms. The van der Waals surface area contributed by atoms with Gasteiger partial charge in [-0.25, -0.2) is 0 Å². The van der Waals surface area contributed by atoms with Gasteiger partial charge in [0.25, 0.3) is 0 Å². The van der Waals surface area contributed by atoms with Crippen LogP contribution in [0.4, 0.5) is 0 Å². The van der Waals surface area contributed by atoms with Gasteiger partial charge in [-0.2, -0.15) is 10.0 Å². The van der Waals surface area contributed by atoms with E-state index in [1.165, 1.54) is 70.7 Å². The fourth-order valence-corrected chi connectivity index (χ4v) is 9.00. The van der Waals surface area contributed by atoms with Gasteiger partial charge in [0.05, 0.1) is 11.0 Å². The molecule has 2 heteroatoms. The van der Waals surface area contributed by atoms with E-state index >= 15 is 0 Å². The van der Waals surface area contributed by atoms with Crippen LogP contribution in [0.5, 0.6) is 0 Å². The Bertz CT molecular complexity index is 1970. The molecule has 6 aromatic carbocycles. The summed E-state index contributed by atoms with van der Waals surface area (Å²) in [4.78, 5) is 2.97. The maximum Gasteiger partial charge on any atom is 0.0541 e. The Morgan fingerprint density at radius 2 is 0.886 bits per heavy atom. The predicted molar refractivity (Wildman–Crippen MR) is 196 cm³/mol. The lowest BCUT2D eigenvalue weighted by molar-refractivity contribution is 1.16. The Hall–Kier alpha value is -4.53. The second-order valence-corrected chi connectivity index (χ2v) is 14.6. The molecule has 1 nitrogen and oxygen atoms in total. The van der Waals surface area contributed by atoms with E-state index in [-0.39, 0.29) is 0 Å². The quantitative estimate of drug-likeness (QED) is 0.193. The SMILES string of the molecule is CC.CC.CS1(C)c2ccccc2-c2ccc(-n3c4ccc(-c5ccccc5)cc4c4cc(-c5ccccc5)ccc43)cc21. The lowest BCUT2D eigenvalue weighted by Gasteiger charge is -2.28. The molecular formula is C42H41NS. The Labute approximate surface area is 264 Å². The number of rotatable bonds is 3. The summed E-state index contributed by atoms with van der Waals surface area (Å²) in [5.74, 6) is 0. The van der Waals surface area contributed by atoms with Crippen molar-refractivity contribution in [2.75, 3.05) is 12.5 Å². The van der Waals surface area contributed by atoms with Crippen molar-refractivity contribution in [3.63, 3.8) is 0 Å². The highest BCUT2D eigenvalue weighted by Crippen LogP contribution is 2.67. The number of nitrogens with zero attached hydrogens (tertiary/aromatic N) is 1. The summed E-state index contributed by atoms with van der Waals surface area (Å²) in [5, 5.41) is 2.56. The summed E-state index contributed by atoms with van der Waals surface area (Å²) < 4.78 is 2.47. The molecule has 1 aromatic heterocycles. The van der Waals surface area contributed by atoms with Gasteiger partial charge < -0.3 is 4.57 Å². The van der Waals surface area contributed by atoms with Crippen LogP contribution in [0.2, 0.25) is 0 Å². The van der Waals surface area contributed by atoms with Crippen LogP contribution in [0.15, 0.2) is 149 Å². The van der Waals surface area contributed by atoms with E-state index < -0.39 is 10.0 Å². The minimum absolute atomic E-state index is 1.08. The minimum atomic E-state index is -1.08. The lowest BCUT2D eigenvalue weighted by atomic mass is 10.0. The van der Waals surface area contributed by atoms with Crippen LogP contribution < -0.4 is 0 Å². The topological polar surface area (TPSA) is 4.93 Å². The summed E-state index contributed by atoms with van der Waals surface area (Å²) in [5.41, 5.74) is 11.5. The van der Waals surface area contributed by atoms with Gasteiger partial charge in [0, 0.05) is 26.3 Å². The molecule has 0 N–H and O–H groups in total. The van der Waals surface area contributed by atoms with E-state index in [9.17, 15) is 0 Å². The van der Waals surface area contributed by atoms with Crippen molar-refractivity contribution in [3.05, 3.63) is 140 Å². The summed E-state index contributed by atoms with van der Waals surface area (Å²) in [6.45, 7) is 8.00. The van der Waals surface area contributed by atoms with Crippen LogP contribution in [-0.4, -0.2) is 17.1 Å². The molecule has 0 saturated carbocycles. The minimum Gasteiger partial charge on any atom is -0.309 e. The molecule has 0 amide bonds. The summed E-state index contributed by atoms with van der Waals surface area (Å²) >= 11 is 0. The zero-order valence-corrected chi connectivity index (χ0v) is 27.5. The van der Waals surface area contributed by atoms with Crippen molar-refractivity contribution in [2.45, 2.75) is 37.5 Å². The fraction of sp³-hybridized carbons (Fsp3) is 0.143. The van der Waals surface area contributed by atoms with Crippen molar-refractivity contribution in [1.29, 1.82) is 0 Å². The highest BCUT2D eigenvalue weighted by Gasteiger charge is 2.31. The molecule has 0 unspecified atom stereocenters. The van der Waals surface area contributed by atoms with Crippen LogP contribution in [-0.2, 0) is 0 Å². The van der Waals surface area contributed by atoms with E-state index in [4.69, 9.17) is 0 Å². The average Bonchev–Trinajstić information content (AvgIpc) is 3.55. The molecule has 0 fully saturated rings. The first-order valence-corrected chi connectivity index (χ1v) is 18.2. The van der Waals surface area contributed by atoms with E-state index in [2.05, 4.69) is 157 Å². The summed E-state index contributed by atoms with van der Waals surface area (Å²) in [6.07, 6.45) is 4.87. The third-order valence-electron chi connectivity index (χ3n) is 8.48. The van der Waals surface area contributed by atoms with Gasteiger partial charge in [-0.3, -0.25) is 0 Å². The van der Waals surface area contributed by atoms with Crippen LogP contribution >= 0.6 is 10.0 Å². The van der Waals surface area contributed by atoms with Gasteiger partial charge in [-0.05, 0) is 88.4 Å². The van der Waals surface area contributed by atoms with Crippen molar-refractivity contribution in [1.82, 2.24) is 4.57 Å². The van der Waals surface area contributed by atoms with E-state index in [0.29, 0.717) is 0 Å². The Morgan fingerprint density at radius 3 is 1.43 bits per heavy atom. The van der Waals surface area contributed by atoms with Gasteiger partial charge in [-0.15, -0.1) is 0 Å². The smallest absolute Gasteiger partial charge is 0.0541 e. The molecule has 1 aliphatic rings. The monoisotopic (exact) mass is 591 g/mol. The molecule has 2 heterocycles. The molecule has 0 atom stereocenters. The van der Waals surface area contributed by atoms with Crippen LogP contribution in [0.25, 0.3) is 60.9 Å². The maximum atomic E-state index is 2.47. The van der Waals surface area contributed by atoms with Crippen LogP contribution in [0.3, 0.4) is 0 Å². The van der Waals surface area contributed by atoms with Crippen molar-refractivity contribution < 1.29 is 0 Å². The Balaban J connectivity index is 0.000000826. The third-order valence-corrected chi connectivity index (χ3v) is 11.4. The summed E-state index contributed by atoms with van der Waals surface area (Å²) in [6, 6.07) is 51.3. The van der Waals surface area contributed by atoms with Crippen molar-refractivity contribution in [2.24, 2.45) is 0 Å². The molecule has 0 radical (unpaired) electrons. The standard InChI is InChI=1S/C38H29NS.2C2H6/c1-40(2)37-16-10-9-15-31(37)32-20-19-30(25-38(32)40)39-35-21-17-28(26-11-5-3-6-12-26)23-33(35)34-24-29(18-22-36(34)39)27-13-7-4-8-14-27;2*1-2/h3-25H,1-2H3;2*1-2H3. The average molecular weight is 592 g/mol. The molecule has 7 aromatic rings. The Kier molecular flexibility index (Phi) is 8.21. The van der Waals surface area contributed by atoms with Gasteiger partial charge in [0.1, 0.15) is 0 Å². The summed E-state index contributed by atoms with van der Waals surface area (Å²) in [7, 11) is -1.08. The van der Waals surface area contributed by atoms with Gasteiger partial charge >= 0.3 is 0 Å². The first kappa shape index (κ1) is 29.5. The maximum absolute atomic E-state index is 2.47. The largest absolute Gasteiger partial charge is 0.309 e. The number of fused-ring (bicyclic) bond motifs is 6. The highest BCUT2D eigenvalue weighted by atomic mass is 32.3. The molecule has 44 heavy (non-hydrogen) atoms. The molecule has 8 rings (SSSR count). The first-order chi connectivity index (χ1) is 21.6. The van der Waals surface area contributed by atoms with Crippen molar-refractivity contribution >= 4 is 31.8 Å². The van der Waals surface area contributed by atoms with Gasteiger partial charge in [-0.1, -0.05) is 125 Å². The van der Waals surface area contributed by atoms with Gasteiger partial charge in [0.2, 0.25) is 0 Å². The van der Waals surface area contributed by atoms with E-state index in [1.54, 1.807) is 0 Å². The van der Waals surface area contributed by atoms with E-state index in [0.717, 1.165) is 0 Å². The number of aromatic nitrogens is 1. The van der Waals surface area contributed by atoms with Crippen LogP contribution in [0, 0.1) is 0 Å². The molecular weight excluding hydrogens is 551 g/mol. The second kappa shape index (κ2) is 12.2. The number of hydrogen-bond acceptors (Lipinski definition) is 0. The molecule has 220 valence electrons. The zero-order chi connectivity index (χ0) is 30.8. The first-order valence-electron chi connectivity index (χ1n) is 15.8. The molecule has 1 aliphatic heterocycles. The number of hydrogen-bond donors (Lipinski definition) is 0. The molecule has 0 aliphatic carbocycles. The number of benzene rings is 6. The van der Waals surface area contributed by atoms with E-state index in [1.807, 2.05) is 27.7 Å². The van der Waals surface area contributed by atoms with Gasteiger partial charge in [0.15, 0.2) is 0 Å². The predicted octanol–water partition coefficient (Wildman–Crippen LogP) is 12.6. The van der Waals surface area contributed by atoms with Crippen molar-refractivity contribution in [3.8, 4) is 39.1 Å². The highest BCUT2D eigenvalue weighted by molar-refractivity contribution is 8.33. The lowest BCUT2D eigenvalue weighted by Crippen LogP contribution is -1.97.